The van der Waals surface area contributed by atoms with Gasteiger partial charge in [0.05, 0.1) is 17.1 Å². The van der Waals surface area contributed by atoms with Gasteiger partial charge in [-0.1, -0.05) is 31.9 Å². The van der Waals surface area contributed by atoms with E-state index in [4.69, 9.17) is 0 Å². The molecule has 0 N–H and O–H groups in total. The van der Waals surface area contributed by atoms with Gasteiger partial charge in [0.2, 0.25) is 0 Å². The molecule has 0 aliphatic carbocycles. The van der Waals surface area contributed by atoms with E-state index >= 15 is 0 Å². The third-order valence-corrected chi connectivity index (χ3v) is 4.58. The van der Waals surface area contributed by atoms with Crippen molar-refractivity contribution in [1.29, 1.82) is 0 Å². The van der Waals surface area contributed by atoms with E-state index in [1.807, 2.05) is 6.21 Å². The molecule has 4 heteroatoms. The van der Waals surface area contributed by atoms with Crippen molar-refractivity contribution in [3.8, 4) is 0 Å². The topological polar surface area (TPSA) is 15.6 Å². The molecule has 2 aliphatic heterocycles. The summed E-state index contributed by atoms with van der Waals surface area (Å²) < 4.78 is 2.19. The summed E-state index contributed by atoms with van der Waals surface area (Å²) in [6.07, 6.45) is 3.06. The Morgan fingerprint density at radius 2 is 1.95 bits per heavy atom. The molecule has 2 aromatic carbocycles. The SMILES string of the molecule is Brc1cc2c3c(c1)CCN3c1ccc(Br)cc1N=C2. The Bertz CT molecular complexity index is 722. The highest BCUT2D eigenvalue weighted by Crippen LogP contribution is 2.44. The third kappa shape index (κ3) is 1.77. The largest absolute Gasteiger partial charge is 0.339 e. The Hall–Kier alpha value is -1.13. The summed E-state index contributed by atoms with van der Waals surface area (Å²) in [5, 5.41) is 0. The molecule has 4 rings (SSSR count). The maximum absolute atomic E-state index is 4.64. The Labute approximate surface area is 128 Å². The molecule has 2 nitrogen and oxygen atoms in total. The molecule has 19 heavy (non-hydrogen) atoms. The smallest absolute Gasteiger partial charge is 0.0878 e. The van der Waals surface area contributed by atoms with E-state index in [0.717, 1.165) is 27.6 Å². The first kappa shape index (κ1) is 11.7. The first-order valence-corrected chi connectivity index (χ1v) is 7.74. The van der Waals surface area contributed by atoms with Crippen LogP contribution in [0.5, 0.6) is 0 Å². The van der Waals surface area contributed by atoms with Crippen LogP contribution in [0.25, 0.3) is 0 Å². The molecule has 2 heterocycles. The first-order valence-electron chi connectivity index (χ1n) is 6.16. The van der Waals surface area contributed by atoms with Crippen LogP contribution in [-0.2, 0) is 6.42 Å². The lowest BCUT2D eigenvalue weighted by Crippen LogP contribution is -2.13. The zero-order valence-corrected chi connectivity index (χ0v) is 13.2. The zero-order valence-electron chi connectivity index (χ0n) is 10.0. The number of aliphatic imine (C=N–C) groups is 1. The Balaban J connectivity index is 2.02. The highest BCUT2D eigenvalue weighted by Gasteiger charge is 2.27. The van der Waals surface area contributed by atoms with Gasteiger partial charge in [-0.25, -0.2) is 0 Å². The molecule has 0 fully saturated rings. The summed E-state index contributed by atoms with van der Waals surface area (Å²) in [6, 6.07) is 10.7. The van der Waals surface area contributed by atoms with Crippen molar-refractivity contribution in [2.45, 2.75) is 6.42 Å². The Morgan fingerprint density at radius 1 is 1.05 bits per heavy atom. The van der Waals surface area contributed by atoms with Crippen LogP contribution in [0.15, 0.2) is 44.3 Å². The lowest BCUT2D eigenvalue weighted by Gasteiger charge is -2.21. The van der Waals surface area contributed by atoms with Crippen molar-refractivity contribution in [3.63, 3.8) is 0 Å². The van der Waals surface area contributed by atoms with Crippen molar-refractivity contribution in [1.82, 2.24) is 0 Å². The summed E-state index contributed by atoms with van der Waals surface area (Å²) in [5.41, 5.74) is 6.11. The normalized spacial score (nSPS) is 15.2. The van der Waals surface area contributed by atoms with E-state index in [1.165, 1.54) is 22.5 Å². The van der Waals surface area contributed by atoms with Crippen LogP contribution in [0.3, 0.4) is 0 Å². The molecule has 0 saturated carbocycles. The lowest BCUT2D eigenvalue weighted by molar-refractivity contribution is 0.998. The van der Waals surface area contributed by atoms with E-state index in [-0.39, 0.29) is 0 Å². The number of rotatable bonds is 0. The van der Waals surface area contributed by atoms with E-state index in [2.05, 4.69) is 72.1 Å². The van der Waals surface area contributed by atoms with Crippen LogP contribution in [0, 0.1) is 0 Å². The van der Waals surface area contributed by atoms with Crippen LogP contribution in [0.4, 0.5) is 17.1 Å². The van der Waals surface area contributed by atoms with Crippen molar-refractivity contribution in [2.75, 3.05) is 11.4 Å². The minimum Gasteiger partial charge on any atom is -0.339 e. The molecule has 0 saturated heterocycles. The van der Waals surface area contributed by atoms with Crippen molar-refractivity contribution in [2.24, 2.45) is 4.99 Å². The highest BCUT2D eigenvalue weighted by molar-refractivity contribution is 9.10. The molecule has 0 amide bonds. The summed E-state index contributed by atoms with van der Waals surface area (Å²) in [6.45, 7) is 1.02. The van der Waals surface area contributed by atoms with Crippen molar-refractivity contribution in [3.05, 3.63) is 50.4 Å². The standard InChI is InChI=1S/C15H10Br2N2/c16-11-1-2-14-13(7-11)18-8-10-6-12(17)5-9-3-4-19(14)15(9)10/h1-2,5-8H,3-4H2. The zero-order chi connectivity index (χ0) is 13.0. The van der Waals surface area contributed by atoms with Crippen LogP contribution in [0.2, 0.25) is 0 Å². The van der Waals surface area contributed by atoms with Crippen LogP contribution in [-0.4, -0.2) is 12.8 Å². The van der Waals surface area contributed by atoms with E-state index in [9.17, 15) is 0 Å². The summed E-state index contributed by atoms with van der Waals surface area (Å²) in [7, 11) is 0. The monoisotopic (exact) mass is 376 g/mol. The minimum atomic E-state index is 1.02. The van der Waals surface area contributed by atoms with Gasteiger partial charge in [-0.3, -0.25) is 4.99 Å². The Morgan fingerprint density at radius 3 is 2.84 bits per heavy atom. The van der Waals surface area contributed by atoms with Gasteiger partial charge in [0.15, 0.2) is 0 Å². The molecule has 2 aliphatic rings. The molecule has 0 bridgehead atoms. The number of nitrogens with zero attached hydrogens (tertiary/aromatic N) is 2. The van der Waals surface area contributed by atoms with Crippen LogP contribution >= 0.6 is 31.9 Å². The van der Waals surface area contributed by atoms with Gasteiger partial charge in [-0.05, 0) is 42.3 Å². The average molecular weight is 378 g/mol. The molecule has 0 radical (unpaired) electrons. The fourth-order valence-electron chi connectivity index (χ4n) is 2.85. The number of hydrogen-bond acceptors (Lipinski definition) is 2. The lowest BCUT2D eigenvalue weighted by atomic mass is 10.1. The number of halogens is 2. The van der Waals surface area contributed by atoms with Gasteiger partial charge in [-0.15, -0.1) is 0 Å². The van der Waals surface area contributed by atoms with Crippen molar-refractivity contribution >= 4 is 55.1 Å². The summed E-state index contributed by atoms with van der Waals surface area (Å²) >= 11 is 7.10. The third-order valence-electron chi connectivity index (χ3n) is 3.63. The fraction of sp³-hybridized carbons (Fsp3) is 0.133. The van der Waals surface area contributed by atoms with E-state index < -0.39 is 0 Å². The molecule has 0 atom stereocenters. The maximum Gasteiger partial charge on any atom is 0.0878 e. The average Bonchev–Trinajstić information content (AvgIpc) is 2.72. The molecule has 0 unspecified atom stereocenters. The summed E-state index contributed by atoms with van der Waals surface area (Å²) in [4.78, 5) is 7.02. The van der Waals surface area contributed by atoms with Gasteiger partial charge in [0.1, 0.15) is 0 Å². The highest BCUT2D eigenvalue weighted by atomic mass is 79.9. The van der Waals surface area contributed by atoms with Gasteiger partial charge in [0, 0.05) is 27.3 Å². The predicted octanol–water partition coefficient (Wildman–Crippen LogP) is 4.97. The molecule has 0 aromatic heterocycles. The fourth-order valence-corrected chi connectivity index (χ4v) is 3.72. The van der Waals surface area contributed by atoms with Crippen molar-refractivity contribution < 1.29 is 0 Å². The van der Waals surface area contributed by atoms with Crippen LogP contribution in [0.1, 0.15) is 11.1 Å². The molecular formula is C15H10Br2N2. The number of benzene rings is 2. The van der Waals surface area contributed by atoms with Gasteiger partial charge in [-0.2, -0.15) is 0 Å². The van der Waals surface area contributed by atoms with Gasteiger partial charge in [0.25, 0.3) is 0 Å². The van der Waals surface area contributed by atoms with E-state index in [0.29, 0.717) is 0 Å². The number of anilines is 2. The predicted molar refractivity (Wildman–Crippen MR) is 86.2 cm³/mol. The minimum absolute atomic E-state index is 1.02. The molecule has 2 aromatic rings. The second kappa shape index (κ2) is 4.18. The molecular weight excluding hydrogens is 368 g/mol. The number of fused-ring (bicyclic) bond motifs is 2. The number of hydrogen-bond donors (Lipinski definition) is 0. The summed E-state index contributed by atoms with van der Waals surface area (Å²) in [5.74, 6) is 0. The quantitative estimate of drug-likeness (QED) is 0.632. The second-order valence-electron chi connectivity index (χ2n) is 4.80. The van der Waals surface area contributed by atoms with Gasteiger partial charge < -0.3 is 4.90 Å². The van der Waals surface area contributed by atoms with Gasteiger partial charge >= 0.3 is 0 Å². The first-order chi connectivity index (χ1) is 9.22. The molecule has 0 spiro atoms. The second-order valence-corrected chi connectivity index (χ2v) is 6.63. The Kier molecular flexibility index (Phi) is 2.57. The molecule has 94 valence electrons. The van der Waals surface area contributed by atoms with E-state index in [1.54, 1.807) is 0 Å². The maximum atomic E-state index is 4.64. The van der Waals surface area contributed by atoms with Crippen LogP contribution < -0.4 is 4.90 Å².